The number of allylic oxidation sites excluding steroid dienone is 3. The number of benzene rings is 1. The largest absolute Gasteiger partial charge is 0.463 e. The topological polar surface area (TPSA) is 86.1 Å². The van der Waals surface area contributed by atoms with E-state index < -0.39 is 23.5 Å². The van der Waals surface area contributed by atoms with Gasteiger partial charge in [0.15, 0.2) is 0 Å². The van der Waals surface area contributed by atoms with Crippen molar-refractivity contribution in [3.63, 3.8) is 0 Å². The number of carbonyl (C=O) groups is 2. The summed E-state index contributed by atoms with van der Waals surface area (Å²) in [5.74, 6) is -1.91. The molecule has 0 aliphatic carbocycles. The van der Waals surface area contributed by atoms with Gasteiger partial charge in [0, 0.05) is 23.0 Å². The molecule has 9 heteroatoms. The highest BCUT2D eigenvalue weighted by Gasteiger charge is 2.39. The maximum Gasteiger partial charge on any atom is 0.346 e. The number of halogens is 2. The van der Waals surface area contributed by atoms with Crippen LogP contribution in [-0.4, -0.2) is 25.2 Å². The van der Waals surface area contributed by atoms with E-state index in [4.69, 9.17) is 37.1 Å². The molecule has 0 fully saturated rings. The lowest BCUT2D eigenvalue weighted by molar-refractivity contribution is -0.139. The second-order valence-electron chi connectivity index (χ2n) is 7.97. The molecule has 0 amide bonds. The first-order valence-corrected chi connectivity index (χ1v) is 12.2. The van der Waals surface area contributed by atoms with Crippen LogP contribution in [0.3, 0.4) is 0 Å². The fourth-order valence-corrected chi connectivity index (χ4v) is 4.89. The molecule has 0 radical (unpaired) electrons. The van der Waals surface area contributed by atoms with Gasteiger partial charge in [-0.15, -0.1) is 0 Å². The fourth-order valence-electron chi connectivity index (χ4n) is 4.20. The standard InChI is InChI=1S/C27H27Cl2NO6/c1-6-34-25(31)22-16(4)30(18-11-9-8-10-12-18)17(5)23(26(32)35-7-2)19(22)14-21(29)24-20(28)13-15(3)36-27(24)33/h8-14,19H,6-7H2,1-5H3/b21-14-. The van der Waals surface area contributed by atoms with E-state index in [2.05, 4.69) is 0 Å². The van der Waals surface area contributed by atoms with Crippen LogP contribution in [0.2, 0.25) is 5.02 Å². The Morgan fingerprint density at radius 1 is 1.00 bits per heavy atom. The van der Waals surface area contributed by atoms with Crippen molar-refractivity contribution in [3.8, 4) is 0 Å². The molecule has 7 nitrogen and oxygen atoms in total. The predicted molar refractivity (Wildman–Crippen MR) is 140 cm³/mol. The Balaban J connectivity index is 2.33. The first-order valence-electron chi connectivity index (χ1n) is 11.4. The molecule has 1 aliphatic rings. The molecular weight excluding hydrogens is 505 g/mol. The normalized spacial score (nSPS) is 14.9. The average Bonchev–Trinajstić information content (AvgIpc) is 2.79. The quantitative estimate of drug-likeness (QED) is 0.405. The van der Waals surface area contributed by atoms with Crippen molar-refractivity contribution in [2.45, 2.75) is 34.6 Å². The SMILES string of the molecule is CCOC(=O)C1=C(C)N(c2ccccc2)C(C)=C(C(=O)OCC)C1/C=C(\Cl)c1c(Cl)cc(C)oc1=O. The van der Waals surface area contributed by atoms with Gasteiger partial charge < -0.3 is 18.8 Å². The molecule has 0 saturated carbocycles. The Morgan fingerprint density at radius 3 is 2.00 bits per heavy atom. The van der Waals surface area contributed by atoms with Crippen LogP contribution in [0.5, 0.6) is 0 Å². The lowest BCUT2D eigenvalue weighted by Crippen LogP contribution is -2.36. The number of esters is 2. The Bertz CT molecular complexity index is 1280. The first kappa shape index (κ1) is 27.3. The van der Waals surface area contributed by atoms with E-state index in [0.29, 0.717) is 17.2 Å². The fraction of sp³-hybridized carbons (Fsp3) is 0.296. The van der Waals surface area contributed by atoms with Crippen LogP contribution in [0.15, 0.2) is 74.2 Å². The summed E-state index contributed by atoms with van der Waals surface area (Å²) in [5.41, 5.74) is 1.37. The number of hydrogen-bond acceptors (Lipinski definition) is 7. The summed E-state index contributed by atoms with van der Waals surface area (Å²) < 4.78 is 15.9. The zero-order chi connectivity index (χ0) is 26.6. The van der Waals surface area contributed by atoms with Crippen molar-refractivity contribution in [1.82, 2.24) is 0 Å². The minimum atomic E-state index is -0.979. The van der Waals surface area contributed by atoms with E-state index in [0.717, 1.165) is 5.69 Å². The van der Waals surface area contributed by atoms with Gasteiger partial charge >= 0.3 is 17.6 Å². The number of ether oxygens (including phenoxy) is 2. The Morgan fingerprint density at radius 2 is 1.53 bits per heavy atom. The van der Waals surface area contributed by atoms with Crippen LogP contribution in [0.25, 0.3) is 5.03 Å². The van der Waals surface area contributed by atoms with E-state index in [1.807, 2.05) is 30.3 Å². The molecule has 1 aromatic heterocycles. The third-order valence-corrected chi connectivity index (χ3v) is 6.27. The highest BCUT2D eigenvalue weighted by Crippen LogP contribution is 2.42. The predicted octanol–water partition coefficient (Wildman–Crippen LogP) is 5.99. The minimum Gasteiger partial charge on any atom is -0.463 e. The van der Waals surface area contributed by atoms with E-state index in [9.17, 15) is 14.4 Å². The molecule has 0 N–H and O–H groups in total. The van der Waals surface area contributed by atoms with Crippen molar-refractivity contribution in [1.29, 1.82) is 0 Å². The molecular formula is C27H27Cl2NO6. The van der Waals surface area contributed by atoms with E-state index in [-0.39, 0.29) is 40.0 Å². The molecule has 1 aliphatic heterocycles. The smallest absolute Gasteiger partial charge is 0.346 e. The average molecular weight is 532 g/mol. The van der Waals surface area contributed by atoms with E-state index in [1.165, 1.54) is 12.1 Å². The van der Waals surface area contributed by atoms with Crippen molar-refractivity contribution >= 4 is 45.9 Å². The molecule has 3 rings (SSSR count). The Hall–Kier alpha value is -3.29. The van der Waals surface area contributed by atoms with Crippen molar-refractivity contribution in [3.05, 3.63) is 91.8 Å². The van der Waals surface area contributed by atoms with Crippen LogP contribution < -0.4 is 10.5 Å². The third kappa shape index (κ3) is 5.42. The summed E-state index contributed by atoms with van der Waals surface area (Å²) >= 11 is 12.9. The van der Waals surface area contributed by atoms with Crippen LogP contribution in [0, 0.1) is 12.8 Å². The summed E-state index contributed by atoms with van der Waals surface area (Å²) in [6, 6.07) is 10.8. The van der Waals surface area contributed by atoms with Crippen molar-refractivity contribution in [2.24, 2.45) is 5.92 Å². The first-order chi connectivity index (χ1) is 17.1. The number of nitrogens with zero attached hydrogens (tertiary/aromatic N) is 1. The molecule has 2 aromatic rings. The summed E-state index contributed by atoms with van der Waals surface area (Å²) in [5, 5.41) is 0.0135. The molecule has 1 aromatic carbocycles. The number of anilines is 1. The van der Waals surface area contributed by atoms with Gasteiger partial charge in [-0.2, -0.15) is 0 Å². The maximum absolute atomic E-state index is 13.3. The number of aryl methyl sites for hydroxylation is 1. The Kier molecular flexibility index (Phi) is 8.82. The summed E-state index contributed by atoms with van der Waals surface area (Å²) in [6.45, 7) is 8.72. The zero-order valence-electron chi connectivity index (χ0n) is 20.7. The maximum atomic E-state index is 13.3. The van der Waals surface area contributed by atoms with E-state index >= 15 is 0 Å². The minimum absolute atomic E-state index is 0.0730. The van der Waals surface area contributed by atoms with Crippen LogP contribution >= 0.6 is 23.2 Å². The molecule has 0 bridgehead atoms. The van der Waals surface area contributed by atoms with Gasteiger partial charge in [0.05, 0.1) is 40.0 Å². The molecule has 0 saturated heterocycles. The lowest BCUT2D eigenvalue weighted by Gasteiger charge is -2.37. The molecule has 0 unspecified atom stereocenters. The second-order valence-corrected chi connectivity index (χ2v) is 8.78. The van der Waals surface area contributed by atoms with Crippen LogP contribution in [-0.2, 0) is 19.1 Å². The van der Waals surface area contributed by atoms with Gasteiger partial charge in [0.25, 0.3) is 0 Å². The zero-order valence-corrected chi connectivity index (χ0v) is 22.2. The van der Waals surface area contributed by atoms with Gasteiger partial charge in [-0.25, -0.2) is 14.4 Å². The molecule has 2 heterocycles. The summed E-state index contributed by atoms with van der Waals surface area (Å²) in [7, 11) is 0. The third-order valence-electron chi connectivity index (χ3n) is 5.66. The van der Waals surface area contributed by atoms with Crippen LogP contribution in [0.1, 0.15) is 39.0 Å². The van der Waals surface area contributed by atoms with Gasteiger partial charge in [0.1, 0.15) is 5.76 Å². The number of rotatable bonds is 7. The molecule has 190 valence electrons. The molecule has 0 spiro atoms. The lowest BCUT2D eigenvalue weighted by atomic mass is 9.83. The number of carbonyl (C=O) groups excluding carboxylic acids is 2. The number of hydrogen-bond donors (Lipinski definition) is 0. The molecule has 36 heavy (non-hydrogen) atoms. The van der Waals surface area contributed by atoms with Gasteiger partial charge in [0.2, 0.25) is 0 Å². The van der Waals surface area contributed by atoms with Crippen LogP contribution in [0.4, 0.5) is 5.69 Å². The van der Waals surface area contributed by atoms with Crippen molar-refractivity contribution in [2.75, 3.05) is 18.1 Å². The van der Waals surface area contributed by atoms with Gasteiger partial charge in [-0.3, -0.25) is 0 Å². The Labute approximate surface area is 219 Å². The summed E-state index contributed by atoms with van der Waals surface area (Å²) in [4.78, 5) is 40.9. The van der Waals surface area contributed by atoms with E-state index in [1.54, 1.807) is 39.5 Å². The highest BCUT2D eigenvalue weighted by atomic mass is 35.5. The monoisotopic (exact) mass is 531 g/mol. The van der Waals surface area contributed by atoms with Crippen molar-refractivity contribution < 1.29 is 23.5 Å². The second kappa shape index (κ2) is 11.6. The molecule has 0 atom stereocenters. The van der Waals surface area contributed by atoms with Gasteiger partial charge in [-0.1, -0.05) is 47.5 Å². The van der Waals surface area contributed by atoms with Gasteiger partial charge in [-0.05, 0) is 52.8 Å². The highest BCUT2D eigenvalue weighted by molar-refractivity contribution is 6.50. The number of para-hydroxylation sites is 1. The summed E-state index contributed by atoms with van der Waals surface area (Å²) in [6.07, 6.45) is 1.43.